The average molecular weight is 252 g/mol. The molecule has 1 fully saturated rings. The third kappa shape index (κ3) is 3.01. The summed E-state index contributed by atoms with van der Waals surface area (Å²) in [6.45, 7) is 0. The maximum atomic E-state index is 11.1. The predicted octanol–water partition coefficient (Wildman–Crippen LogP) is 2.78. The SMILES string of the molecule is O=C(O)c1ccccc1S[C@H]1CCCC[C@@H]1O. The van der Waals surface area contributed by atoms with Crippen LogP contribution in [-0.2, 0) is 0 Å². The summed E-state index contributed by atoms with van der Waals surface area (Å²) in [4.78, 5) is 11.8. The third-order valence-corrected chi connectivity index (χ3v) is 4.53. The minimum absolute atomic E-state index is 0.129. The van der Waals surface area contributed by atoms with Crippen molar-refractivity contribution in [2.75, 3.05) is 0 Å². The zero-order chi connectivity index (χ0) is 12.3. The Balaban J connectivity index is 2.14. The number of benzene rings is 1. The van der Waals surface area contributed by atoms with Crippen LogP contribution in [0.1, 0.15) is 36.0 Å². The molecular formula is C13H16O3S. The molecule has 3 nitrogen and oxygen atoms in total. The van der Waals surface area contributed by atoms with E-state index in [9.17, 15) is 9.90 Å². The lowest BCUT2D eigenvalue weighted by Gasteiger charge is -2.27. The van der Waals surface area contributed by atoms with E-state index in [0.29, 0.717) is 5.56 Å². The van der Waals surface area contributed by atoms with Crippen LogP contribution in [0, 0.1) is 0 Å². The first kappa shape index (κ1) is 12.5. The van der Waals surface area contributed by atoms with Gasteiger partial charge >= 0.3 is 5.97 Å². The summed E-state index contributed by atoms with van der Waals surface area (Å²) in [5.41, 5.74) is 0.329. The van der Waals surface area contributed by atoms with Crippen LogP contribution in [-0.4, -0.2) is 27.5 Å². The van der Waals surface area contributed by atoms with Gasteiger partial charge < -0.3 is 10.2 Å². The predicted molar refractivity (Wildman–Crippen MR) is 67.5 cm³/mol. The monoisotopic (exact) mass is 252 g/mol. The molecule has 0 saturated heterocycles. The van der Waals surface area contributed by atoms with Crippen LogP contribution in [0.5, 0.6) is 0 Å². The molecule has 0 aromatic heterocycles. The van der Waals surface area contributed by atoms with Gasteiger partial charge in [-0.15, -0.1) is 11.8 Å². The minimum Gasteiger partial charge on any atom is -0.478 e. The number of aliphatic hydroxyl groups is 1. The summed E-state index contributed by atoms with van der Waals surface area (Å²) in [6, 6.07) is 6.99. The highest BCUT2D eigenvalue weighted by Crippen LogP contribution is 2.35. The van der Waals surface area contributed by atoms with Crippen molar-refractivity contribution in [2.45, 2.75) is 41.9 Å². The molecule has 1 aromatic rings. The number of carboxylic acids is 1. The molecule has 4 heteroatoms. The summed E-state index contributed by atoms with van der Waals surface area (Å²) < 4.78 is 0. The van der Waals surface area contributed by atoms with Crippen LogP contribution in [0.25, 0.3) is 0 Å². The van der Waals surface area contributed by atoms with Crippen LogP contribution in [0.15, 0.2) is 29.2 Å². The molecule has 0 unspecified atom stereocenters. The van der Waals surface area contributed by atoms with Crippen molar-refractivity contribution < 1.29 is 15.0 Å². The van der Waals surface area contributed by atoms with Crippen molar-refractivity contribution in [1.29, 1.82) is 0 Å². The van der Waals surface area contributed by atoms with E-state index in [1.807, 2.05) is 12.1 Å². The molecule has 1 aliphatic carbocycles. The molecule has 1 aliphatic rings. The number of aliphatic hydroxyl groups excluding tert-OH is 1. The maximum Gasteiger partial charge on any atom is 0.336 e. The molecule has 17 heavy (non-hydrogen) atoms. The van der Waals surface area contributed by atoms with Gasteiger partial charge in [-0.3, -0.25) is 0 Å². The van der Waals surface area contributed by atoms with Crippen LogP contribution in [0.3, 0.4) is 0 Å². The third-order valence-electron chi connectivity index (χ3n) is 3.06. The number of aromatic carboxylic acids is 1. The summed E-state index contributed by atoms with van der Waals surface area (Å²) >= 11 is 1.50. The van der Waals surface area contributed by atoms with Gasteiger partial charge in [-0.1, -0.05) is 25.0 Å². The lowest BCUT2D eigenvalue weighted by molar-refractivity contribution is 0.0693. The molecule has 0 spiro atoms. The van der Waals surface area contributed by atoms with E-state index in [4.69, 9.17) is 5.11 Å². The van der Waals surface area contributed by atoms with E-state index < -0.39 is 5.97 Å². The van der Waals surface area contributed by atoms with Crippen LogP contribution < -0.4 is 0 Å². The highest BCUT2D eigenvalue weighted by molar-refractivity contribution is 8.00. The highest BCUT2D eigenvalue weighted by Gasteiger charge is 2.25. The Hall–Kier alpha value is -1.00. The van der Waals surface area contributed by atoms with E-state index in [2.05, 4.69) is 0 Å². The first-order valence-corrected chi connectivity index (χ1v) is 6.73. The quantitative estimate of drug-likeness (QED) is 0.868. The van der Waals surface area contributed by atoms with E-state index in [-0.39, 0.29) is 11.4 Å². The van der Waals surface area contributed by atoms with Crippen molar-refractivity contribution in [2.24, 2.45) is 0 Å². The molecular weight excluding hydrogens is 236 g/mol. The zero-order valence-corrected chi connectivity index (χ0v) is 10.3. The summed E-state index contributed by atoms with van der Waals surface area (Å²) in [5.74, 6) is -0.904. The molecule has 0 bridgehead atoms. The van der Waals surface area contributed by atoms with Crippen LogP contribution in [0.4, 0.5) is 0 Å². The molecule has 2 atom stereocenters. The van der Waals surface area contributed by atoms with Crippen molar-refractivity contribution in [1.82, 2.24) is 0 Å². The number of hydrogen-bond acceptors (Lipinski definition) is 3. The van der Waals surface area contributed by atoms with Gasteiger partial charge in [0, 0.05) is 10.1 Å². The molecule has 0 amide bonds. The maximum absolute atomic E-state index is 11.1. The fourth-order valence-corrected chi connectivity index (χ4v) is 3.47. The summed E-state index contributed by atoms with van der Waals surface area (Å²) in [7, 11) is 0. The number of hydrogen-bond donors (Lipinski definition) is 2. The molecule has 0 radical (unpaired) electrons. The largest absolute Gasteiger partial charge is 0.478 e. The number of carbonyl (C=O) groups is 1. The Labute approximate surface area is 105 Å². The Morgan fingerprint density at radius 3 is 2.65 bits per heavy atom. The van der Waals surface area contributed by atoms with Gasteiger partial charge in [0.1, 0.15) is 0 Å². The fourth-order valence-electron chi connectivity index (χ4n) is 2.12. The lowest BCUT2D eigenvalue weighted by Crippen LogP contribution is -2.26. The van der Waals surface area contributed by atoms with Crippen LogP contribution >= 0.6 is 11.8 Å². The van der Waals surface area contributed by atoms with Crippen molar-refractivity contribution in [3.63, 3.8) is 0 Å². The molecule has 1 aromatic carbocycles. The van der Waals surface area contributed by atoms with E-state index in [0.717, 1.165) is 30.6 Å². The molecule has 1 saturated carbocycles. The van der Waals surface area contributed by atoms with E-state index >= 15 is 0 Å². The summed E-state index contributed by atoms with van der Waals surface area (Å²) in [6.07, 6.45) is 3.66. The van der Waals surface area contributed by atoms with Gasteiger partial charge in [0.05, 0.1) is 11.7 Å². The fraction of sp³-hybridized carbons (Fsp3) is 0.462. The van der Waals surface area contributed by atoms with Crippen molar-refractivity contribution in [3.8, 4) is 0 Å². The Kier molecular flexibility index (Phi) is 4.07. The molecule has 0 heterocycles. The van der Waals surface area contributed by atoms with Gasteiger partial charge in [-0.2, -0.15) is 0 Å². The normalized spacial score (nSPS) is 24.5. The molecule has 2 rings (SSSR count). The Morgan fingerprint density at radius 1 is 1.24 bits per heavy atom. The lowest BCUT2D eigenvalue weighted by atomic mass is 9.97. The molecule has 92 valence electrons. The first-order chi connectivity index (χ1) is 8.18. The number of rotatable bonds is 3. The first-order valence-electron chi connectivity index (χ1n) is 5.85. The average Bonchev–Trinajstić information content (AvgIpc) is 2.32. The Morgan fingerprint density at radius 2 is 1.94 bits per heavy atom. The van der Waals surface area contributed by atoms with Gasteiger partial charge in [0.2, 0.25) is 0 Å². The van der Waals surface area contributed by atoms with Crippen molar-refractivity contribution >= 4 is 17.7 Å². The van der Waals surface area contributed by atoms with E-state index in [1.54, 1.807) is 12.1 Å². The number of carboxylic acid groups (broad SMARTS) is 1. The smallest absolute Gasteiger partial charge is 0.336 e. The topological polar surface area (TPSA) is 57.5 Å². The zero-order valence-electron chi connectivity index (χ0n) is 9.50. The van der Waals surface area contributed by atoms with Gasteiger partial charge in [-0.25, -0.2) is 4.79 Å². The molecule has 2 N–H and O–H groups in total. The van der Waals surface area contributed by atoms with E-state index in [1.165, 1.54) is 11.8 Å². The van der Waals surface area contributed by atoms with Crippen LogP contribution in [0.2, 0.25) is 0 Å². The second kappa shape index (κ2) is 5.56. The Bertz CT molecular complexity index is 405. The van der Waals surface area contributed by atoms with Crippen molar-refractivity contribution in [3.05, 3.63) is 29.8 Å². The highest BCUT2D eigenvalue weighted by atomic mass is 32.2. The second-order valence-corrected chi connectivity index (χ2v) is 5.59. The van der Waals surface area contributed by atoms with Gasteiger partial charge in [-0.05, 0) is 25.0 Å². The molecule has 0 aliphatic heterocycles. The second-order valence-electron chi connectivity index (χ2n) is 4.31. The van der Waals surface area contributed by atoms with Gasteiger partial charge in [0.25, 0.3) is 0 Å². The standard InChI is InChI=1S/C13H16O3S/c14-10-6-2-4-8-12(10)17-11-7-3-1-5-9(11)13(15)16/h1,3,5,7,10,12,14H,2,4,6,8H2,(H,15,16)/t10-,12-/m0/s1. The minimum atomic E-state index is -0.904. The summed E-state index contributed by atoms with van der Waals surface area (Å²) in [5, 5.41) is 19.1. The number of thioether (sulfide) groups is 1. The van der Waals surface area contributed by atoms with Gasteiger partial charge in [0.15, 0.2) is 0 Å².